The topological polar surface area (TPSA) is 107 Å². The molecular weight excluding hydrogens is 497 g/mol. The first kappa shape index (κ1) is 24.8. The Labute approximate surface area is 202 Å². The molecule has 4 fully saturated rings. The van der Waals surface area contributed by atoms with Crippen LogP contribution in [0, 0.1) is 5.92 Å². The number of fused-ring (bicyclic) bond motifs is 2. The molecule has 3 unspecified atom stereocenters. The van der Waals surface area contributed by atoms with E-state index in [4.69, 9.17) is 4.74 Å². The molecule has 2 bridgehead atoms. The first-order valence-corrected chi connectivity index (χ1v) is 11.5. The van der Waals surface area contributed by atoms with Gasteiger partial charge in [0.1, 0.15) is 5.75 Å². The maximum absolute atomic E-state index is 13.1. The summed E-state index contributed by atoms with van der Waals surface area (Å²) in [5.41, 5.74) is -0.454. The second-order valence-electron chi connectivity index (χ2n) is 9.60. The van der Waals surface area contributed by atoms with E-state index >= 15 is 0 Å². The molecular formula is C22H24F5N3O6. The number of halogens is 5. The van der Waals surface area contributed by atoms with Gasteiger partial charge in [0, 0.05) is 24.2 Å². The van der Waals surface area contributed by atoms with Crippen molar-refractivity contribution in [2.45, 2.75) is 68.5 Å². The predicted octanol–water partition coefficient (Wildman–Crippen LogP) is 2.20. The van der Waals surface area contributed by atoms with E-state index in [-0.39, 0.29) is 61.1 Å². The first-order valence-electron chi connectivity index (χ1n) is 11.5. The van der Waals surface area contributed by atoms with E-state index in [1.807, 2.05) is 0 Å². The number of piperidine rings is 1. The number of carbonyl (C=O) groups is 2. The van der Waals surface area contributed by atoms with Crippen LogP contribution >= 0.6 is 0 Å². The Morgan fingerprint density at radius 1 is 1.11 bits per heavy atom. The number of rotatable bonds is 7. The number of hydrogen-bond donors (Lipinski definition) is 3. The molecule has 36 heavy (non-hydrogen) atoms. The number of ether oxygens (including phenoxy) is 4. The molecule has 2 aliphatic heterocycles. The predicted molar refractivity (Wildman–Crippen MR) is 110 cm³/mol. The Morgan fingerprint density at radius 3 is 2.56 bits per heavy atom. The van der Waals surface area contributed by atoms with Gasteiger partial charge in [-0.15, -0.1) is 22.0 Å². The van der Waals surface area contributed by atoms with E-state index in [9.17, 15) is 31.5 Å². The highest BCUT2D eigenvalue weighted by molar-refractivity contribution is 5.83. The summed E-state index contributed by atoms with van der Waals surface area (Å²) in [6.07, 6.45) is -7.23. The molecule has 5 aliphatic rings. The number of carbonyl (C=O) groups excluding carboxylic acids is 2. The van der Waals surface area contributed by atoms with Crippen molar-refractivity contribution < 1.29 is 50.5 Å². The average molecular weight is 521 g/mol. The fraction of sp³-hybridized carbons (Fsp3) is 0.636. The normalized spacial score (nSPS) is 31.9. The first-order chi connectivity index (χ1) is 16.9. The third kappa shape index (κ3) is 5.43. The van der Waals surface area contributed by atoms with Crippen LogP contribution in [0.2, 0.25) is 0 Å². The van der Waals surface area contributed by atoms with Crippen LogP contribution in [0.25, 0.3) is 0 Å². The summed E-state index contributed by atoms with van der Waals surface area (Å²) in [5, 5.41) is 8.71. The van der Waals surface area contributed by atoms with Crippen LogP contribution in [0.1, 0.15) is 32.1 Å². The van der Waals surface area contributed by atoms with E-state index in [0.29, 0.717) is 19.3 Å². The van der Waals surface area contributed by atoms with Gasteiger partial charge in [-0.2, -0.15) is 0 Å². The molecule has 3 saturated carbocycles. The quantitative estimate of drug-likeness (QED) is 0.473. The highest BCUT2D eigenvalue weighted by Gasteiger charge is 2.57. The zero-order chi connectivity index (χ0) is 25.7. The van der Waals surface area contributed by atoms with Gasteiger partial charge in [-0.1, -0.05) is 0 Å². The minimum atomic E-state index is -4.71. The summed E-state index contributed by atoms with van der Waals surface area (Å²) in [5.74, 6) is -0.654. The van der Waals surface area contributed by atoms with Crippen LogP contribution in [0.4, 0.5) is 22.0 Å². The lowest BCUT2D eigenvalue weighted by Crippen LogP contribution is -2.59. The molecule has 0 spiro atoms. The van der Waals surface area contributed by atoms with Crippen LogP contribution in [-0.4, -0.2) is 61.3 Å². The second kappa shape index (κ2) is 8.91. The van der Waals surface area contributed by atoms with Crippen molar-refractivity contribution in [1.29, 1.82) is 0 Å². The minimum Gasteiger partial charge on any atom is -0.484 e. The molecule has 1 saturated heterocycles. The van der Waals surface area contributed by atoms with Gasteiger partial charge in [0.05, 0.1) is 12.1 Å². The highest BCUT2D eigenvalue weighted by Crippen LogP contribution is 2.52. The number of amides is 2. The Morgan fingerprint density at radius 2 is 1.86 bits per heavy atom. The Hall–Kier alpha value is -2.87. The molecule has 0 radical (unpaired) electrons. The monoisotopic (exact) mass is 521 g/mol. The van der Waals surface area contributed by atoms with E-state index in [0.717, 1.165) is 0 Å². The maximum atomic E-state index is 13.1. The largest absolute Gasteiger partial charge is 0.586 e. The molecule has 14 heteroatoms. The molecule has 1 aromatic rings. The third-order valence-corrected chi connectivity index (χ3v) is 6.95. The van der Waals surface area contributed by atoms with Crippen molar-refractivity contribution in [3.05, 3.63) is 18.2 Å². The van der Waals surface area contributed by atoms with E-state index < -0.39 is 36.2 Å². The summed E-state index contributed by atoms with van der Waals surface area (Å²) >= 11 is 0. The van der Waals surface area contributed by atoms with Crippen LogP contribution < -0.4 is 30.2 Å². The van der Waals surface area contributed by atoms with Crippen molar-refractivity contribution in [2.75, 3.05) is 13.2 Å². The standard InChI is InChI=1S/C22H24F5N3O6/c23-21(24,25)34-13-1-3-14(28-9-13)19(32)30-20-6-11(7-20)15(8-20)29-18(31)10-33-12-2-4-16-17(5-12)36-22(26,27)35-16/h2,4-5,11,13-15,28H,1,3,6-10H2,(H,29,31)(H,30,32). The molecule has 3 N–H and O–H groups in total. The molecule has 0 aromatic heterocycles. The van der Waals surface area contributed by atoms with Gasteiger partial charge >= 0.3 is 12.7 Å². The van der Waals surface area contributed by atoms with E-state index in [2.05, 4.69) is 30.2 Å². The molecule has 2 heterocycles. The number of benzene rings is 1. The van der Waals surface area contributed by atoms with Crippen LogP contribution in [0.15, 0.2) is 18.2 Å². The molecule has 1 aromatic carbocycles. The van der Waals surface area contributed by atoms with Crippen LogP contribution in [-0.2, 0) is 14.3 Å². The maximum Gasteiger partial charge on any atom is 0.586 e. The number of hydrogen-bond acceptors (Lipinski definition) is 7. The van der Waals surface area contributed by atoms with Gasteiger partial charge in [-0.3, -0.25) is 14.3 Å². The van der Waals surface area contributed by atoms with Gasteiger partial charge in [0.15, 0.2) is 18.1 Å². The Kier molecular flexibility index (Phi) is 6.14. The lowest BCUT2D eigenvalue weighted by Gasteiger charge is -2.40. The summed E-state index contributed by atoms with van der Waals surface area (Å²) in [6, 6.07) is 3.07. The summed E-state index contributed by atoms with van der Waals surface area (Å²) in [4.78, 5) is 25.1. The van der Waals surface area contributed by atoms with Crippen LogP contribution in [0.5, 0.6) is 17.2 Å². The number of alkyl halides is 5. The van der Waals surface area contributed by atoms with Gasteiger partial charge in [-0.25, -0.2) is 0 Å². The smallest absolute Gasteiger partial charge is 0.484 e. The van der Waals surface area contributed by atoms with Crippen molar-refractivity contribution >= 4 is 11.8 Å². The van der Waals surface area contributed by atoms with E-state index in [1.54, 1.807) is 0 Å². The van der Waals surface area contributed by atoms with Gasteiger partial charge < -0.3 is 30.2 Å². The molecule has 6 rings (SSSR count). The third-order valence-electron chi connectivity index (χ3n) is 6.95. The lowest BCUT2D eigenvalue weighted by molar-refractivity contribution is -0.343. The molecule has 3 atom stereocenters. The molecule has 2 amide bonds. The summed E-state index contributed by atoms with van der Waals surface area (Å²) < 4.78 is 81.3. The minimum absolute atomic E-state index is 0.0717. The fourth-order valence-corrected chi connectivity index (χ4v) is 5.41. The van der Waals surface area contributed by atoms with E-state index in [1.165, 1.54) is 18.2 Å². The van der Waals surface area contributed by atoms with Gasteiger partial charge in [-0.05, 0) is 50.2 Å². The molecule has 9 nitrogen and oxygen atoms in total. The Balaban J connectivity index is 1.05. The van der Waals surface area contributed by atoms with Crippen LogP contribution in [0.3, 0.4) is 0 Å². The Bertz CT molecular complexity index is 1020. The highest BCUT2D eigenvalue weighted by atomic mass is 19.4. The van der Waals surface area contributed by atoms with Gasteiger partial charge in [0.25, 0.3) is 5.91 Å². The molecule has 3 aliphatic carbocycles. The lowest BCUT2D eigenvalue weighted by atomic mass is 9.76. The van der Waals surface area contributed by atoms with Crippen molar-refractivity contribution in [2.24, 2.45) is 5.92 Å². The van der Waals surface area contributed by atoms with Crippen molar-refractivity contribution in [3.8, 4) is 17.2 Å². The summed E-state index contributed by atoms with van der Waals surface area (Å²) in [7, 11) is 0. The van der Waals surface area contributed by atoms with Crippen molar-refractivity contribution in [1.82, 2.24) is 16.0 Å². The van der Waals surface area contributed by atoms with Gasteiger partial charge in [0.2, 0.25) is 5.91 Å². The average Bonchev–Trinajstić information content (AvgIpc) is 3.37. The number of nitrogens with one attached hydrogen (secondary N) is 3. The second-order valence-corrected chi connectivity index (χ2v) is 9.60. The zero-order valence-electron chi connectivity index (χ0n) is 18.8. The zero-order valence-corrected chi connectivity index (χ0v) is 18.8. The summed E-state index contributed by atoms with van der Waals surface area (Å²) in [6.45, 7) is -0.413. The molecule has 198 valence electrons. The fourth-order valence-electron chi connectivity index (χ4n) is 5.41. The SMILES string of the molecule is O=C(COc1ccc2c(c1)OC(F)(F)O2)NC1CC2(NC(=O)C3CCC(OC(F)(F)F)CN3)CC1C2. The van der Waals surface area contributed by atoms with Crippen molar-refractivity contribution in [3.63, 3.8) is 0 Å².